The number of rotatable bonds is 3. The zero-order valence-corrected chi connectivity index (χ0v) is 10.3. The number of benzene rings is 1. The number of nitrogen functional groups attached to an aromatic ring is 1. The van der Waals surface area contributed by atoms with Crippen LogP contribution < -0.4 is 5.73 Å². The van der Waals surface area contributed by atoms with Crippen molar-refractivity contribution in [3.05, 3.63) is 29.6 Å². The highest BCUT2D eigenvalue weighted by Crippen LogP contribution is 2.28. The molecule has 3 N–H and O–H groups in total. The highest BCUT2D eigenvalue weighted by atomic mass is 19.1. The molecule has 1 aliphatic carbocycles. The van der Waals surface area contributed by atoms with Crippen LogP contribution in [0.25, 0.3) is 0 Å². The van der Waals surface area contributed by atoms with E-state index in [-0.39, 0.29) is 17.6 Å². The van der Waals surface area contributed by atoms with Crippen LogP contribution in [0.3, 0.4) is 0 Å². The molecule has 0 heterocycles. The van der Waals surface area contributed by atoms with Crippen LogP contribution in [0, 0.1) is 11.7 Å². The summed E-state index contributed by atoms with van der Waals surface area (Å²) in [6.45, 7) is 0.532. The molecule has 0 aromatic heterocycles. The Bertz CT molecular complexity index is 458. The molecule has 98 valence electrons. The molecule has 18 heavy (non-hydrogen) atoms. The monoisotopic (exact) mass is 252 g/mol. The van der Waals surface area contributed by atoms with Crippen LogP contribution in [0.5, 0.6) is 0 Å². The lowest BCUT2D eigenvalue weighted by atomic mass is 9.82. The summed E-state index contributed by atoms with van der Waals surface area (Å²) in [5.74, 6) is -0.631. The van der Waals surface area contributed by atoms with E-state index in [1.165, 1.54) is 23.1 Å². The van der Waals surface area contributed by atoms with Gasteiger partial charge in [0.2, 0.25) is 0 Å². The Labute approximate surface area is 105 Å². The van der Waals surface area contributed by atoms with Crippen molar-refractivity contribution in [3.63, 3.8) is 0 Å². The second-order valence-electron chi connectivity index (χ2n) is 4.92. The molecule has 0 spiro atoms. The Morgan fingerprint density at radius 2 is 2.22 bits per heavy atom. The van der Waals surface area contributed by atoms with Crippen LogP contribution in [0.4, 0.5) is 10.1 Å². The number of nitrogens with two attached hydrogens (primary N) is 1. The Balaban J connectivity index is 2.03. The highest BCUT2D eigenvalue weighted by Gasteiger charge is 2.29. The number of carbonyl (C=O) groups is 1. The Hall–Kier alpha value is -1.62. The second-order valence-corrected chi connectivity index (χ2v) is 4.92. The van der Waals surface area contributed by atoms with E-state index >= 15 is 0 Å². The second kappa shape index (κ2) is 4.94. The Kier molecular flexibility index (Phi) is 3.52. The maximum Gasteiger partial charge on any atom is 0.256 e. The van der Waals surface area contributed by atoms with E-state index in [4.69, 9.17) is 5.73 Å². The van der Waals surface area contributed by atoms with Crippen LogP contribution >= 0.6 is 0 Å². The largest absolute Gasteiger partial charge is 0.399 e. The van der Waals surface area contributed by atoms with Crippen LogP contribution in [0.2, 0.25) is 0 Å². The topological polar surface area (TPSA) is 66.6 Å². The lowest BCUT2D eigenvalue weighted by Gasteiger charge is -2.34. The third-order valence-electron chi connectivity index (χ3n) is 3.31. The minimum Gasteiger partial charge on any atom is -0.399 e. The van der Waals surface area contributed by atoms with Gasteiger partial charge in [-0.15, -0.1) is 0 Å². The van der Waals surface area contributed by atoms with Gasteiger partial charge >= 0.3 is 0 Å². The molecule has 1 aromatic rings. The zero-order chi connectivity index (χ0) is 13.3. The first-order valence-corrected chi connectivity index (χ1v) is 5.96. The number of carbonyl (C=O) groups excluding carboxylic acids is 1. The normalized spacial score (nSPS) is 22.4. The van der Waals surface area contributed by atoms with E-state index in [2.05, 4.69) is 0 Å². The molecule has 1 saturated carbocycles. The fourth-order valence-corrected chi connectivity index (χ4v) is 2.23. The summed E-state index contributed by atoms with van der Waals surface area (Å²) in [6, 6.07) is 3.97. The number of hydrogen-bond donors (Lipinski definition) is 2. The van der Waals surface area contributed by atoms with Gasteiger partial charge in [0.15, 0.2) is 0 Å². The molecule has 2 rings (SSSR count). The SMILES string of the molecule is CN(CC1CC(O)C1)C(=O)c1cc(N)ccc1F. The van der Waals surface area contributed by atoms with Crippen molar-refractivity contribution in [3.8, 4) is 0 Å². The number of aliphatic hydroxyl groups excluding tert-OH is 1. The fraction of sp³-hybridized carbons (Fsp3) is 0.462. The van der Waals surface area contributed by atoms with E-state index < -0.39 is 5.82 Å². The molecule has 1 fully saturated rings. The van der Waals surface area contributed by atoms with Crippen LogP contribution in [-0.4, -0.2) is 35.6 Å². The van der Waals surface area contributed by atoms with Crippen molar-refractivity contribution in [2.45, 2.75) is 18.9 Å². The van der Waals surface area contributed by atoms with Gasteiger partial charge in [-0.1, -0.05) is 0 Å². The van der Waals surface area contributed by atoms with Crippen LogP contribution in [0.15, 0.2) is 18.2 Å². The average Bonchev–Trinajstić information content (AvgIpc) is 2.29. The van der Waals surface area contributed by atoms with Crippen LogP contribution in [-0.2, 0) is 0 Å². The quantitative estimate of drug-likeness (QED) is 0.796. The van der Waals surface area contributed by atoms with Crippen molar-refractivity contribution in [1.82, 2.24) is 4.90 Å². The Morgan fingerprint density at radius 3 is 2.83 bits per heavy atom. The summed E-state index contributed by atoms with van der Waals surface area (Å²) >= 11 is 0. The minimum atomic E-state index is -0.560. The molecule has 1 aliphatic rings. The van der Waals surface area contributed by atoms with Crippen molar-refractivity contribution in [1.29, 1.82) is 0 Å². The molecular weight excluding hydrogens is 235 g/mol. The summed E-state index contributed by atoms with van der Waals surface area (Å²) in [6.07, 6.45) is 1.16. The first-order valence-electron chi connectivity index (χ1n) is 5.96. The fourth-order valence-electron chi connectivity index (χ4n) is 2.23. The molecule has 0 atom stereocenters. The van der Waals surface area contributed by atoms with Gasteiger partial charge in [-0.3, -0.25) is 4.79 Å². The first kappa shape index (κ1) is 12.8. The molecule has 1 aromatic carbocycles. The van der Waals surface area contributed by atoms with E-state index in [1.54, 1.807) is 7.05 Å². The average molecular weight is 252 g/mol. The molecule has 1 amide bonds. The standard InChI is InChI=1S/C13H17FN2O2/c1-16(7-8-4-10(17)5-8)13(18)11-6-9(15)2-3-12(11)14/h2-3,6,8,10,17H,4-5,7,15H2,1H3. The number of halogens is 1. The number of anilines is 1. The molecule has 0 bridgehead atoms. The van der Waals surface area contributed by atoms with Crippen molar-refractivity contribution >= 4 is 11.6 Å². The molecule has 5 heteroatoms. The van der Waals surface area contributed by atoms with Gasteiger partial charge in [0.05, 0.1) is 11.7 Å². The first-order chi connectivity index (χ1) is 8.47. The third kappa shape index (κ3) is 2.61. The van der Waals surface area contributed by atoms with Gasteiger partial charge < -0.3 is 15.7 Å². The van der Waals surface area contributed by atoms with Gasteiger partial charge in [-0.25, -0.2) is 4.39 Å². The van der Waals surface area contributed by atoms with Gasteiger partial charge in [-0.2, -0.15) is 0 Å². The molecule has 4 nitrogen and oxygen atoms in total. The number of hydrogen-bond acceptors (Lipinski definition) is 3. The maximum atomic E-state index is 13.5. The van der Waals surface area contributed by atoms with Gasteiger partial charge in [0, 0.05) is 19.3 Å². The summed E-state index contributed by atoms with van der Waals surface area (Å²) < 4.78 is 13.5. The van der Waals surface area contributed by atoms with Gasteiger partial charge in [0.25, 0.3) is 5.91 Å². The predicted octanol–water partition coefficient (Wildman–Crippen LogP) is 1.25. The van der Waals surface area contributed by atoms with E-state index in [0.717, 1.165) is 0 Å². The number of amides is 1. The van der Waals surface area contributed by atoms with E-state index in [0.29, 0.717) is 31.0 Å². The summed E-state index contributed by atoms with van der Waals surface area (Å²) in [4.78, 5) is 13.5. The number of aliphatic hydroxyl groups is 1. The minimum absolute atomic E-state index is 0.00243. The lowest BCUT2D eigenvalue weighted by molar-refractivity contribution is 0.0264. The van der Waals surface area contributed by atoms with E-state index in [1.807, 2.05) is 0 Å². The van der Waals surface area contributed by atoms with Crippen molar-refractivity contribution < 1.29 is 14.3 Å². The molecule has 0 aliphatic heterocycles. The highest BCUT2D eigenvalue weighted by molar-refractivity contribution is 5.95. The van der Waals surface area contributed by atoms with E-state index in [9.17, 15) is 14.3 Å². The molecular formula is C13H17FN2O2. The molecule has 0 unspecified atom stereocenters. The summed E-state index contributed by atoms with van der Waals surface area (Å²) in [5, 5.41) is 9.19. The zero-order valence-electron chi connectivity index (χ0n) is 10.3. The predicted molar refractivity (Wildman–Crippen MR) is 66.5 cm³/mol. The smallest absolute Gasteiger partial charge is 0.256 e. The van der Waals surface area contributed by atoms with Crippen molar-refractivity contribution in [2.75, 3.05) is 19.3 Å². The van der Waals surface area contributed by atoms with Gasteiger partial charge in [-0.05, 0) is 37.0 Å². The molecule has 0 radical (unpaired) electrons. The van der Waals surface area contributed by atoms with Gasteiger partial charge in [0.1, 0.15) is 5.82 Å². The Morgan fingerprint density at radius 1 is 1.56 bits per heavy atom. The maximum absolute atomic E-state index is 13.5. The lowest BCUT2D eigenvalue weighted by Crippen LogP contribution is -2.39. The van der Waals surface area contributed by atoms with Crippen molar-refractivity contribution in [2.24, 2.45) is 5.92 Å². The summed E-state index contributed by atoms with van der Waals surface area (Å²) in [5.41, 5.74) is 5.92. The molecule has 0 saturated heterocycles. The number of nitrogens with zero attached hydrogens (tertiary/aromatic N) is 1. The third-order valence-corrected chi connectivity index (χ3v) is 3.31. The van der Waals surface area contributed by atoms with Crippen LogP contribution in [0.1, 0.15) is 23.2 Å². The summed E-state index contributed by atoms with van der Waals surface area (Å²) in [7, 11) is 1.63.